The fourth-order valence-electron chi connectivity index (χ4n) is 20.6. The van der Waals surface area contributed by atoms with E-state index < -0.39 is 0 Å². The molecule has 0 saturated carbocycles. The minimum Gasteiger partial charge on any atom is -0.456 e. The second-order valence-corrected chi connectivity index (χ2v) is 32.9. The van der Waals surface area contributed by atoms with E-state index in [9.17, 15) is 0 Å². The predicted octanol–water partition coefficient (Wildman–Crippen LogP) is 30.8. The second kappa shape index (κ2) is 28.9. The van der Waals surface area contributed by atoms with Crippen LogP contribution in [0.15, 0.2) is 197 Å². The molecule has 2 aromatic heterocycles. The number of fused-ring (bicyclic) bond motifs is 22. The zero-order valence-corrected chi connectivity index (χ0v) is 63.5. The second-order valence-electron chi connectivity index (χ2n) is 32.9. The molecule has 3 nitrogen and oxygen atoms in total. The number of hydrogen-bond acceptors (Lipinski definition) is 3. The number of nitrogens with zero attached hydrogens (tertiary/aromatic N) is 1. The molecule has 4 aliphatic rings. The third-order valence-corrected chi connectivity index (χ3v) is 25.8. The van der Waals surface area contributed by atoms with E-state index in [1.165, 1.54) is 283 Å². The van der Waals surface area contributed by atoms with Crippen molar-refractivity contribution >= 4 is 60.9 Å². The van der Waals surface area contributed by atoms with Crippen molar-refractivity contribution in [2.45, 2.75) is 257 Å². The van der Waals surface area contributed by atoms with Gasteiger partial charge in [-0.2, -0.15) is 0 Å². The lowest BCUT2D eigenvalue weighted by atomic mass is 9.68. The van der Waals surface area contributed by atoms with Gasteiger partial charge in [0.25, 0.3) is 0 Å². The van der Waals surface area contributed by atoms with Crippen molar-refractivity contribution in [1.29, 1.82) is 0 Å². The molecular weight excluding hydrogens is 1250 g/mol. The van der Waals surface area contributed by atoms with Crippen molar-refractivity contribution < 1.29 is 8.83 Å². The number of hydrogen-bond donors (Lipinski definition) is 0. The number of para-hydroxylation sites is 2. The molecule has 2 heterocycles. The SMILES string of the molecule is CCCCCCCCC1(CCCCCCCC)c2cc(N(c3ccc(-c4ccccc4)cc3)c3ccc4c(c3)C(C)(C)c3c5c(c6oc7ccccc7c6c3-4)-c3ccccc3C5(C)C)ccc2-c2cc3c(cc21)-c1c(ccc2oc4ccccc4c12)C3(CCCCCCCC)CCCCCCCC. The van der Waals surface area contributed by atoms with Gasteiger partial charge < -0.3 is 13.7 Å². The molecule has 0 fully saturated rings. The average molecular weight is 1360 g/mol. The van der Waals surface area contributed by atoms with Crippen molar-refractivity contribution in [1.82, 2.24) is 0 Å². The zero-order valence-electron chi connectivity index (χ0n) is 63.5. The number of furan rings is 2. The Bertz CT molecular complexity index is 5030. The van der Waals surface area contributed by atoms with Gasteiger partial charge in [0.2, 0.25) is 0 Å². The van der Waals surface area contributed by atoms with Crippen LogP contribution in [-0.2, 0) is 21.7 Å². The van der Waals surface area contributed by atoms with E-state index in [1.807, 2.05) is 0 Å². The first-order valence-corrected chi connectivity index (χ1v) is 41.0. The highest BCUT2D eigenvalue weighted by Crippen LogP contribution is 2.66. The maximum absolute atomic E-state index is 7.17. The Hall–Kier alpha value is -8.40. The van der Waals surface area contributed by atoms with E-state index in [1.54, 1.807) is 22.3 Å². The highest BCUT2D eigenvalue weighted by atomic mass is 16.3. The number of unbranched alkanes of at least 4 members (excludes halogenated alkanes) is 20. The zero-order chi connectivity index (χ0) is 70.5. The molecule has 0 amide bonds. The molecule has 0 radical (unpaired) electrons. The molecule has 0 aliphatic heterocycles. The molecule has 12 aromatic rings. The van der Waals surface area contributed by atoms with E-state index in [4.69, 9.17) is 8.83 Å². The van der Waals surface area contributed by atoms with Gasteiger partial charge >= 0.3 is 0 Å². The first-order valence-electron chi connectivity index (χ1n) is 41.0. The van der Waals surface area contributed by atoms with Crippen LogP contribution in [0.2, 0.25) is 0 Å². The van der Waals surface area contributed by atoms with Crippen LogP contribution in [0, 0.1) is 0 Å². The van der Waals surface area contributed by atoms with Gasteiger partial charge in [0.1, 0.15) is 22.3 Å². The van der Waals surface area contributed by atoms with Crippen LogP contribution in [0.1, 0.15) is 280 Å². The highest BCUT2D eigenvalue weighted by molar-refractivity contribution is 6.21. The summed E-state index contributed by atoms with van der Waals surface area (Å²) in [4.78, 5) is 2.65. The molecule has 0 bridgehead atoms. The monoisotopic (exact) mass is 1360 g/mol. The summed E-state index contributed by atoms with van der Waals surface area (Å²) in [6.45, 7) is 19.4. The van der Waals surface area contributed by atoms with Gasteiger partial charge in [-0.15, -0.1) is 0 Å². The Morgan fingerprint density at radius 2 is 0.718 bits per heavy atom. The van der Waals surface area contributed by atoms with E-state index >= 15 is 0 Å². The van der Waals surface area contributed by atoms with Gasteiger partial charge in [-0.25, -0.2) is 0 Å². The fourth-order valence-corrected chi connectivity index (χ4v) is 20.6. The summed E-state index contributed by atoms with van der Waals surface area (Å²) in [6, 6.07) is 73.5. The minimum atomic E-state index is -0.352. The van der Waals surface area contributed by atoms with Gasteiger partial charge in [-0.1, -0.05) is 331 Å². The lowest BCUT2D eigenvalue weighted by molar-refractivity contribution is 0.394. The summed E-state index contributed by atoms with van der Waals surface area (Å²) >= 11 is 0. The van der Waals surface area contributed by atoms with Gasteiger partial charge in [0.15, 0.2) is 0 Å². The Labute approximate surface area is 615 Å². The molecule has 0 saturated heterocycles. The number of anilines is 3. The molecule has 16 rings (SSSR count). The molecule has 0 unspecified atom stereocenters. The predicted molar refractivity (Wildman–Crippen MR) is 441 cm³/mol. The van der Waals surface area contributed by atoms with E-state index in [-0.39, 0.29) is 21.7 Å². The molecule has 103 heavy (non-hydrogen) atoms. The maximum atomic E-state index is 7.17. The quantitative estimate of drug-likeness (QED) is 0.0394. The van der Waals surface area contributed by atoms with Crippen LogP contribution in [0.25, 0.3) is 99.5 Å². The molecule has 0 spiro atoms. The smallest absolute Gasteiger partial charge is 0.144 e. The van der Waals surface area contributed by atoms with E-state index in [0.29, 0.717) is 0 Å². The summed E-state index contributed by atoms with van der Waals surface area (Å²) < 4.78 is 14.1. The number of benzene rings is 10. The van der Waals surface area contributed by atoms with Gasteiger partial charge in [-0.05, 0) is 187 Å². The molecule has 528 valence electrons. The van der Waals surface area contributed by atoms with Crippen LogP contribution in [0.3, 0.4) is 0 Å². The minimum absolute atomic E-state index is 0.105. The van der Waals surface area contributed by atoms with Gasteiger partial charge in [-0.3, -0.25) is 0 Å². The molecule has 3 heteroatoms. The van der Waals surface area contributed by atoms with Crippen molar-refractivity contribution in [2.75, 3.05) is 4.90 Å². The largest absolute Gasteiger partial charge is 0.456 e. The fraction of sp³-hybridized carbons (Fsp3) is 0.400. The Balaban J connectivity index is 0.909. The Morgan fingerprint density at radius 1 is 0.282 bits per heavy atom. The molecular formula is C100H111NO2. The van der Waals surface area contributed by atoms with Crippen LogP contribution in [0.4, 0.5) is 17.1 Å². The summed E-state index contributed by atoms with van der Waals surface area (Å²) in [5.74, 6) is 0. The Morgan fingerprint density at radius 3 is 1.33 bits per heavy atom. The normalized spacial score (nSPS) is 15.0. The first kappa shape index (κ1) is 69.0. The summed E-state index contributed by atoms with van der Waals surface area (Å²) in [6.07, 6.45) is 35.5. The van der Waals surface area contributed by atoms with Crippen molar-refractivity contribution in [3.63, 3.8) is 0 Å². The third kappa shape index (κ3) is 11.8. The maximum Gasteiger partial charge on any atom is 0.144 e. The number of rotatable bonds is 32. The lowest BCUT2D eigenvalue weighted by Crippen LogP contribution is -2.27. The third-order valence-electron chi connectivity index (χ3n) is 25.8. The summed E-state index contributed by atoms with van der Waals surface area (Å²) in [7, 11) is 0. The Kier molecular flexibility index (Phi) is 19.4. The average Bonchev–Trinajstić information content (AvgIpc) is 1.51. The van der Waals surface area contributed by atoms with Crippen LogP contribution in [0.5, 0.6) is 0 Å². The molecule has 10 aromatic carbocycles. The lowest BCUT2D eigenvalue weighted by Gasteiger charge is -2.35. The topological polar surface area (TPSA) is 29.5 Å². The van der Waals surface area contributed by atoms with Crippen molar-refractivity contribution in [2.24, 2.45) is 0 Å². The summed E-state index contributed by atoms with van der Waals surface area (Å²) in [5, 5.41) is 5.02. The van der Waals surface area contributed by atoms with Crippen LogP contribution >= 0.6 is 0 Å². The highest BCUT2D eigenvalue weighted by Gasteiger charge is 2.51. The summed E-state index contributed by atoms with van der Waals surface area (Å²) in [5.41, 5.74) is 32.2. The van der Waals surface area contributed by atoms with Crippen LogP contribution in [-0.4, -0.2) is 0 Å². The van der Waals surface area contributed by atoms with Crippen molar-refractivity contribution in [3.05, 3.63) is 233 Å². The van der Waals surface area contributed by atoms with Crippen LogP contribution < -0.4 is 4.90 Å². The molecule has 0 atom stereocenters. The van der Waals surface area contributed by atoms with Gasteiger partial charge in [0.05, 0.1) is 0 Å². The van der Waals surface area contributed by atoms with E-state index in [2.05, 4.69) is 248 Å². The molecule has 0 N–H and O–H groups in total. The van der Waals surface area contributed by atoms with Gasteiger partial charge in [0, 0.05) is 65.8 Å². The first-order chi connectivity index (χ1) is 50.5. The van der Waals surface area contributed by atoms with E-state index in [0.717, 1.165) is 35.2 Å². The molecule has 4 aliphatic carbocycles. The van der Waals surface area contributed by atoms with Crippen molar-refractivity contribution in [3.8, 4) is 55.6 Å². The standard InChI is InChI=1S/C100H111NO2/c1-9-13-17-21-25-38-60-99(61-39-26-22-18-14-10-2)81-58-59-88-90(76-45-33-36-48-86(76)102-88)89(81)79-67-84-78(66-85(79)99)73-56-54-72(65-83(73)100(84,62-40-27-23-19-15-11-3)63-41-28-24-20-16-12-4)101(70-52-50-69(51-53-70)68-42-30-29-31-43-68)71-55-57-75-82(64-71)98(7,8)94-91(75)92-77-46-34-37-49-87(77)103-96(92)93-74-44-32-35-47-80(74)97(5,6)95(93)94/h29-37,42-59,64-67H,9-28,38-41,60-63H2,1-8H3.